The molecule has 9 heteroatoms. The Morgan fingerprint density at radius 2 is 1.60 bits per heavy atom. The van der Waals surface area contributed by atoms with Crippen LogP contribution in [0.4, 0.5) is 0 Å². The molecule has 15 heavy (non-hydrogen) atoms. The highest BCUT2D eigenvalue weighted by atomic mass is 32.2. The topological polar surface area (TPSA) is 118 Å². The monoisotopic (exact) mass is 259 g/mol. The molecule has 4 N–H and O–H groups in total. The first-order chi connectivity index (χ1) is 6.69. The summed E-state index contributed by atoms with van der Waals surface area (Å²) >= 11 is 0. The van der Waals surface area contributed by atoms with Crippen molar-refractivity contribution in [3.05, 3.63) is 0 Å². The molecule has 1 unspecified atom stereocenters. The molecular formula is C6H17N3O4S2. The maximum Gasteiger partial charge on any atom is 0.215 e. The number of nitrogens with one attached hydrogen (secondary N) is 2. The van der Waals surface area contributed by atoms with Crippen molar-refractivity contribution >= 4 is 20.0 Å². The standard InChI is InChI=1S/C6H17N3O4S2/c1-6(5-7)15(12,13)9-4-3-8-14(2,10)11/h6,8-9H,3-5,7H2,1-2H3. The van der Waals surface area contributed by atoms with Gasteiger partial charge in [0.25, 0.3) is 0 Å². The number of hydrogen-bond donors (Lipinski definition) is 3. The first-order valence-corrected chi connectivity index (χ1v) is 7.76. The summed E-state index contributed by atoms with van der Waals surface area (Å²) in [5.74, 6) is 0. The molecule has 7 nitrogen and oxygen atoms in total. The second kappa shape index (κ2) is 5.75. The number of hydrogen-bond acceptors (Lipinski definition) is 5. The largest absolute Gasteiger partial charge is 0.329 e. The Bertz CT molecular complexity index is 375. The van der Waals surface area contributed by atoms with E-state index in [4.69, 9.17) is 5.73 Å². The van der Waals surface area contributed by atoms with Gasteiger partial charge in [-0.15, -0.1) is 0 Å². The molecule has 0 amide bonds. The fraction of sp³-hybridized carbons (Fsp3) is 1.00. The van der Waals surface area contributed by atoms with Crippen LogP contribution in [-0.4, -0.2) is 48.0 Å². The molecule has 0 saturated carbocycles. The lowest BCUT2D eigenvalue weighted by Crippen LogP contribution is -2.40. The first-order valence-electron chi connectivity index (χ1n) is 4.32. The van der Waals surface area contributed by atoms with Crippen molar-refractivity contribution in [3.8, 4) is 0 Å². The van der Waals surface area contributed by atoms with E-state index in [1.807, 2.05) is 0 Å². The summed E-state index contributed by atoms with van der Waals surface area (Å²) in [7, 11) is -6.72. The van der Waals surface area contributed by atoms with Gasteiger partial charge in [-0.25, -0.2) is 26.3 Å². The van der Waals surface area contributed by atoms with Crippen molar-refractivity contribution < 1.29 is 16.8 Å². The van der Waals surface area contributed by atoms with Gasteiger partial charge in [-0.2, -0.15) is 0 Å². The molecule has 0 bridgehead atoms. The Morgan fingerprint density at radius 1 is 1.13 bits per heavy atom. The minimum absolute atomic E-state index is 0.0136. The summed E-state index contributed by atoms with van der Waals surface area (Å²) in [6, 6.07) is 0. The van der Waals surface area contributed by atoms with Crippen molar-refractivity contribution in [2.24, 2.45) is 5.73 Å². The van der Waals surface area contributed by atoms with Gasteiger partial charge in [0, 0.05) is 19.6 Å². The van der Waals surface area contributed by atoms with Gasteiger partial charge in [-0.3, -0.25) is 0 Å². The highest BCUT2D eigenvalue weighted by Gasteiger charge is 2.17. The van der Waals surface area contributed by atoms with Crippen LogP contribution in [0.1, 0.15) is 6.92 Å². The van der Waals surface area contributed by atoms with Crippen molar-refractivity contribution in [1.82, 2.24) is 9.44 Å². The number of rotatable bonds is 7. The van der Waals surface area contributed by atoms with Gasteiger partial charge in [-0.1, -0.05) is 0 Å². The molecule has 0 spiro atoms. The predicted molar refractivity (Wildman–Crippen MR) is 58.3 cm³/mol. The third kappa shape index (κ3) is 6.79. The molecule has 0 aromatic rings. The molecule has 0 rings (SSSR count). The zero-order valence-electron chi connectivity index (χ0n) is 8.73. The second-order valence-electron chi connectivity index (χ2n) is 3.15. The van der Waals surface area contributed by atoms with E-state index in [2.05, 4.69) is 9.44 Å². The van der Waals surface area contributed by atoms with Gasteiger partial charge < -0.3 is 5.73 Å². The average Bonchev–Trinajstić information content (AvgIpc) is 2.09. The van der Waals surface area contributed by atoms with E-state index >= 15 is 0 Å². The van der Waals surface area contributed by atoms with Crippen LogP contribution < -0.4 is 15.2 Å². The van der Waals surface area contributed by atoms with Crippen molar-refractivity contribution in [3.63, 3.8) is 0 Å². The molecule has 0 aliphatic rings. The average molecular weight is 259 g/mol. The second-order valence-corrected chi connectivity index (χ2v) is 7.17. The van der Waals surface area contributed by atoms with E-state index in [1.165, 1.54) is 6.92 Å². The Hall–Kier alpha value is -0.220. The molecule has 0 saturated heterocycles. The molecule has 0 aromatic carbocycles. The van der Waals surface area contributed by atoms with Gasteiger partial charge in [0.1, 0.15) is 0 Å². The molecule has 0 aliphatic heterocycles. The van der Waals surface area contributed by atoms with E-state index in [1.54, 1.807) is 0 Å². The van der Waals surface area contributed by atoms with E-state index in [0.29, 0.717) is 0 Å². The fourth-order valence-electron chi connectivity index (χ4n) is 0.699. The highest BCUT2D eigenvalue weighted by molar-refractivity contribution is 7.90. The molecule has 0 aliphatic carbocycles. The third-order valence-corrected chi connectivity index (χ3v) is 4.24. The molecule has 0 fully saturated rings. The van der Waals surface area contributed by atoms with Crippen LogP contribution in [0.2, 0.25) is 0 Å². The van der Waals surface area contributed by atoms with Crippen LogP contribution >= 0.6 is 0 Å². The maximum atomic E-state index is 11.3. The van der Waals surface area contributed by atoms with E-state index in [9.17, 15) is 16.8 Å². The summed E-state index contributed by atoms with van der Waals surface area (Å²) in [6.45, 7) is 1.54. The molecule has 1 atom stereocenters. The van der Waals surface area contributed by atoms with Crippen molar-refractivity contribution in [1.29, 1.82) is 0 Å². The van der Waals surface area contributed by atoms with Crippen LogP contribution in [0.3, 0.4) is 0 Å². The zero-order chi connectivity index (χ0) is 12.1. The third-order valence-electron chi connectivity index (χ3n) is 1.65. The lowest BCUT2D eigenvalue weighted by Gasteiger charge is -2.11. The van der Waals surface area contributed by atoms with Crippen LogP contribution in [0.5, 0.6) is 0 Å². The summed E-state index contributed by atoms with van der Waals surface area (Å²) in [5, 5.41) is -0.685. The smallest absolute Gasteiger partial charge is 0.215 e. The van der Waals surface area contributed by atoms with Crippen LogP contribution in [0, 0.1) is 0 Å². The van der Waals surface area contributed by atoms with E-state index in [-0.39, 0.29) is 19.6 Å². The lowest BCUT2D eigenvalue weighted by molar-refractivity contribution is 0.564. The first kappa shape index (κ1) is 14.8. The van der Waals surface area contributed by atoms with Crippen LogP contribution in [-0.2, 0) is 20.0 Å². The van der Waals surface area contributed by atoms with Gasteiger partial charge in [0.15, 0.2) is 0 Å². The summed E-state index contributed by atoms with van der Waals surface area (Å²) in [5.41, 5.74) is 5.20. The molecule has 0 aromatic heterocycles. The summed E-state index contributed by atoms with van der Waals surface area (Å²) in [4.78, 5) is 0. The Balaban J connectivity index is 3.97. The minimum Gasteiger partial charge on any atom is -0.329 e. The fourth-order valence-corrected chi connectivity index (χ4v) is 2.10. The summed E-state index contributed by atoms with van der Waals surface area (Å²) in [6.07, 6.45) is 1.00. The Morgan fingerprint density at radius 3 is 2.00 bits per heavy atom. The van der Waals surface area contributed by atoms with Crippen LogP contribution in [0.15, 0.2) is 0 Å². The van der Waals surface area contributed by atoms with Gasteiger partial charge in [0.05, 0.1) is 11.5 Å². The maximum absolute atomic E-state index is 11.3. The zero-order valence-corrected chi connectivity index (χ0v) is 10.4. The Labute approximate surface area is 90.5 Å². The van der Waals surface area contributed by atoms with E-state index < -0.39 is 25.3 Å². The van der Waals surface area contributed by atoms with Gasteiger partial charge in [-0.05, 0) is 6.92 Å². The lowest BCUT2D eigenvalue weighted by atomic mass is 10.5. The molecule has 0 radical (unpaired) electrons. The number of sulfonamides is 2. The van der Waals surface area contributed by atoms with Gasteiger partial charge >= 0.3 is 0 Å². The van der Waals surface area contributed by atoms with Gasteiger partial charge in [0.2, 0.25) is 20.0 Å². The quantitative estimate of drug-likeness (QED) is 0.448. The summed E-state index contributed by atoms with van der Waals surface area (Å²) < 4.78 is 48.3. The molecular weight excluding hydrogens is 242 g/mol. The highest BCUT2D eigenvalue weighted by Crippen LogP contribution is 1.94. The van der Waals surface area contributed by atoms with Crippen molar-refractivity contribution in [2.45, 2.75) is 12.2 Å². The number of nitrogens with two attached hydrogens (primary N) is 1. The normalized spacial score (nSPS) is 15.1. The SMILES string of the molecule is CC(CN)S(=O)(=O)NCCNS(C)(=O)=O. The minimum atomic E-state index is -3.44. The van der Waals surface area contributed by atoms with Crippen molar-refractivity contribution in [2.75, 3.05) is 25.9 Å². The molecule has 92 valence electrons. The predicted octanol–water partition coefficient (Wildman–Crippen LogP) is -2.20. The Kier molecular flexibility index (Phi) is 5.67. The molecule has 0 heterocycles. The van der Waals surface area contributed by atoms with Crippen LogP contribution in [0.25, 0.3) is 0 Å². The van der Waals surface area contributed by atoms with E-state index in [0.717, 1.165) is 6.26 Å².